The number of anilines is 1. The molecule has 1 saturated heterocycles. The second kappa shape index (κ2) is 10.2. The average molecular weight is 486 g/mol. The van der Waals surface area contributed by atoms with Crippen LogP contribution in [0.25, 0.3) is 22.2 Å². The molecule has 1 amide bonds. The number of hydrogen-bond donors (Lipinski definition) is 0. The summed E-state index contributed by atoms with van der Waals surface area (Å²) in [5.74, 6) is 1.18. The molecule has 0 atom stereocenters. The van der Waals surface area contributed by atoms with E-state index in [1.54, 1.807) is 19.2 Å². The van der Waals surface area contributed by atoms with Crippen molar-refractivity contribution in [2.24, 2.45) is 0 Å². The van der Waals surface area contributed by atoms with Gasteiger partial charge in [0.2, 0.25) is 0 Å². The van der Waals surface area contributed by atoms with E-state index in [4.69, 9.17) is 14.5 Å². The molecule has 2 heterocycles. The number of nitrogens with zero attached hydrogens (tertiary/aromatic N) is 3. The lowest BCUT2D eigenvalue weighted by Crippen LogP contribution is -2.48. The molecule has 1 aromatic heterocycles. The minimum absolute atomic E-state index is 0.0124. The number of aromatic nitrogens is 1. The van der Waals surface area contributed by atoms with Crippen molar-refractivity contribution in [2.75, 3.05) is 44.8 Å². The Bertz CT molecular complexity index is 1380. The first-order chi connectivity index (χ1) is 17.6. The zero-order valence-electron chi connectivity index (χ0n) is 20.4. The van der Waals surface area contributed by atoms with Gasteiger partial charge < -0.3 is 19.3 Å². The number of pyridine rings is 1. The highest BCUT2D eigenvalue weighted by atomic mass is 19.1. The summed E-state index contributed by atoms with van der Waals surface area (Å²) in [4.78, 5) is 22.3. The Morgan fingerprint density at radius 3 is 2.42 bits per heavy atom. The Morgan fingerprint density at radius 2 is 1.69 bits per heavy atom. The fourth-order valence-electron chi connectivity index (χ4n) is 4.60. The molecule has 0 N–H and O–H groups in total. The molecule has 0 radical (unpaired) electrons. The fraction of sp³-hybridized carbons (Fsp3) is 0.241. The van der Waals surface area contributed by atoms with E-state index in [0.29, 0.717) is 36.7 Å². The van der Waals surface area contributed by atoms with Crippen LogP contribution in [0.5, 0.6) is 11.5 Å². The first kappa shape index (κ1) is 23.6. The van der Waals surface area contributed by atoms with E-state index in [-0.39, 0.29) is 11.7 Å². The molecule has 184 valence electrons. The van der Waals surface area contributed by atoms with E-state index < -0.39 is 0 Å². The molecular formula is C29H28FN3O3. The van der Waals surface area contributed by atoms with Gasteiger partial charge in [-0.3, -0.25) is 4.79 Å². The van der Waals surface area contributed by atoms with Crippen LogP contribution in [-0.4, -0.2) is 55.7 Å². The van der Waals surface area contributed by atoms with Gasteiger partial charge in [0.05, 0.1) is 30.6 Å². The van der Waals surface area contributed by atoms with Gasteiger partial charge in [0, 0.05) is 48.8 Å². The van der Waals surface area contributed by atoms with Crippen molar-refractivity contribution in [2.45, 2.75) is 6.92 Å². The van der Waals surface area contributed by atoms with Crippen molar-refractivity contribution in [1.29, 1.82) is 0 Å². The summed E-state index contributed by atoms with van der Waals surface area (Å²) >= 11 is 0. The van der Waals surface area contributed by atoms with Crippen LogP contribution in [0.3, 0.4) is 0 Å². The average Bonchev–Trinajstić information content (AvgIpc) is 2.93. The topological polar surface area (TPSA) is 54.9 Å². The van der Waals surface area contributed by atoms with Crippen molar-refractivity contribution < 1.29 is 18.7 Å². The van der Waals surface area contributed by atoms with E-state index in [1.165, 1.54) is 12.1 Å². The minimum Gasteiger partial charge on any atom is -0.495 e. The highest BCUT2D eigenvalue weighted by molar-refractivity contribution is 6.00. The summed E-state index contributed by atoms with van der Waals surface area (Å²) in [6.45, 7) is 5.09. The number of hydrogen-bond acceptors (Lipinski definition) is 5. The second-order valence-electron chi connectivity index (χ2n) is 8.63. The molecule has 0 bridgehead atoms. The summed E-state index contributed by atoms with van der Waals surface area (Å²) < 4.78 is 24.8. The maximum absolute atomic E-state index is 13.4. The molecule has 1 aliphatic rings. The molecule has 7 heteroatoms. The van der Waals surface area contributed by atoms with Gasteiger partial charge in [0.25, 0.3) is 5.91 Å². The molecular weight excluding hydrogens is 457 g/mol. The van der Waals surface area contributed by atoms with Gasteiger partial charge in [-0.05, 0) is 61.5 Å². The predicted octanol–water partition coefficient (Wildman–Crippen LogP) is 5.41. The van der Waals surface area contributed by atoms with Crippen LogP contribution in [0.2, 0.25) is 0 Å². The number of amides is 1. The zero-order chi connectivity index (χ0) is 25.1. The summed E-state index contributed by atoms with van der Waals surface area (Å²) in [6.07, 6.45) is 0. The molecule has 0 unspecified atom stereocenters. The van der Waals surface area contributed by atoms with Crippen LogP contribution >= 0.6 is 0 Å². The number of para-hydroxylation sites is 2. The van der Waals surface area contributed by atoms with Gasteiger partial charge in [-0.15, -0.1) is 0 Å². The van der Waals surface area contributed by atoms with Crippen molar-refractivity contribution >= 4 is 22.5 Å². The number of rotatable bonds is 6. The fourth-order valence-corrected chi connectivity index (χ4v) is 4.60. The van der Waals surface area contributed by atoms with Crippen molar-refractivity contribution in [1.82, 2.24) is 9.88 Å². The lowest BCUT2D eigenvalue weighted by atomic mass is 10.1. The van der Waals surface area contributed by atoms with Crippen molar-refractivity contribution in [3.05, 3.63) is 84.2 Å². The molecule has 5 rings (SSSR count). The number of halogens is 1. The van der Waals surface area contributed by atoms with Gasteiger partial charge >= 0.3 is 0 Å². The SMILES string of the molecule is CCOc1cc(-c2ccc(F)cc2)nc2ccc(C(=O)N3CCN(c4ccccc4OC)CC3)cc12. The first-order valence-corrected chi connectivity index (χ1v) is 12.1. The van der Waals surface area contributed by atoms with E-state index in [9.17, 15) is 9.18 Å². The third-order valence-electron chi connectivity index (χ3n) is 6.45. The van der Waals surface area contributed by atoms with Gasteiger partial charge in [-0.1, -0.05) is 12.1 Å². The summed E-state index contributed by atoms with van der Waals surface area (Å²) in [5, 5.41) is 0.779. The number of methoxy groups -OCH3 is 1. The largest absolute Gasteiger partial charge is 0.495 e. The maximum atomic E-state index is 13.4. The van der Waals surface area contributed by atoms with Gasteiger partial charge in [-0.2, -0.15) is 0 Å². The smallest absolute Gasteiger partial charge is 0.254 e. The Hall–Kier alpha value is -4.13. The molecule has 0 spiro atoms. The Balaban J connectivity index is 1.38. The van der Waals surface area contributed by atoms with Crippen LogP contribution in [0.15, 0.2) is 72.8 Å². The Morgan fingerprint density at radius 1 is 0.944 bits per heavy atom. The molecule has 4 aromatic rings. The number of fused-ring (bicyclic) bond motifs is 1. The molecule has 6 nitrogen and oxygen atoms in total. The predicted molar refractivity (Wildman–Crippen MR) is 139 cm³/mol. The molecule has 3 aromatic carbocycles. The number of carbonyl (C=O) groups excluding carboxylic acids is 1. The molecule has 36 heavy (non-hydrogen) atoms. The number of carbonyl (C=O) groups is 1. The summed E-state index contributed by atoms with van der Waals surface area (Å²) in [6, 6.07) is 21.5. The van der Waals surface area contributed by atoms with Crippen molar-refractivity contribution in [3.63, 3.8) is 0 Å². The molecule has 1 fully saturated rings. The minimum atomic E-state index is -0.295. The highest BCUT2D eigenvalue weighted by Gasteiger charge is 2.24. The second-order valence-corrected chi connectivity index (χ2v) is 8.63. The van der Waals surface area contributed by atoms with Crippen LogP contribution in [0, 0.1) is 5.82 Å². The quantitative estimate of drug-likeness (QED) is 0.366. The molecule has 0 aliphatic carbocycles. The summed E-state index contributed by atoms with van der Waals surface area (Å²) in [7, 11) is 1.67. The highest BCUT2D eigenvalue weighted by Crippen LogP contribution is 2.32. The third-order valence-corrected chi connectivity index (χ3v) is 6.45. The first-order valence-electron chi connectivity index (χ1n) is 12.1. The maximum Gasteiger partial charge on any atom is 0.254 e. The van der Waals surface area contributed by atoms with Gasteiger partial charge in [0.1, 0.15) is 17.3 Å². The third kappa shape index (κ3) is 4.69. The van der Waals surface area contributed by atoms with Crippen LogP contribution in [-0.2, 0) is 0 Å². The number of benzene rings is 3. The normalized spacial score (nSPS) is 13.6. The Kier molecular flexibility index (Phi) is 6.71. The monoisotopic (exact) mass is 485 g/mol. The molecule has 1 aliphatic heterocycles. The Labute approximate surface area is 209 Å². The summed E-state index contributed by atoms with van der Waals surface area (Å²) in [5.41, 5.74) is 3.86. The van der Waals surface area contributed by atoms with E-state index >= 15 is 0 Å². The van der Waals surface area contributed by atoms with Crippen LogP contribution in [0.4, 0.5) is 10.1 Å². The van der Waals surface area contributed by atoms with Crippen LogP contribution in [0.1, 0.15) is 17.3 Å². The van der Waals surface area contributed by atoms with Gasteiger partial charge in [0.15, 0.2) is 0 Å². The zero-order valence-corrected chi connectivity index (χ0v) is 20.4. The molecule has 0 saturated carbocycles. The lowest BCUT2D eigenvalue weighted by molar-refractivity contribution is 0.0747. The number of ether oxygens (including phenoxy) is 2. The van der Waals surface area contributed by atoms with Gasteiger partial charge in [-0.25, -0.2) is 9.37 Å². The standard InChI is InChI=1S/C29H28FN3O3/c1-3-36-28-19-25(20-8-11-22(30)12-9-20)31-24-13-10-21(18-23(24)28)29(34)33-16-14-32(15-17-33)26-6-4-5-7-27(26)35-2/h4-13,18-19H,3,14-17H2,1-2H3. The van der Waals surface area contributed by atoms with Crippen LogP contribution < -0.4 is 14.4 Å². The number of piperazine rings is 1. The van der Waals surface area contributed by atoms with Crippen molar-refractivity contribution in [3.8, 4) is 22.8 Å². The van der Waals surface area contributed by atoms with E-state index in [2.05, 4.69) is 4.90 Å². The lowest BCUT2D eigenvalue weighted by Gasteiger charge is -2.36. The van der Waals surface area contributed by atoms with E-state index in [1.807, 2.05) is 60.4 Å². The van der Waals surface area contributed by atoms with E-state index in [0.717, 1.165) is 41.0 Å².